The predicted molar refractivity (Wildman–Crippen MR) is 155 cm³/mol. The molecule has 0 saturated carbocycles. The largest absolute Gasteiger partial charge is 0.508 e. The van der Waals surface area contributed by atoms with Crippen molar-refractivity contribution in [1.82, 2.24) is 14.1 Å². The van der Waals surface area contributed by atoms with E-state index in [1.807, 2.05) is 91.4 Å². The fourth-order valence-corrected chi connectivity index (χ4v) is 3.77. The zero-order valence-electron chi connectivity index (χ0n) is 21.6. The predicted octanol–water partition coefficient (Wildman–Crippen LogP) is 7.71. The normalized spacial score (nSPS) is 10.4. The van der Waals surface area contributed by atoms with Gasteiger partial charge in [0.15, 0.2) is 5.65 Å². The van der Waals surface area contributed by atoms with Gasteiger partial charge in [-0.05, 0) is 48.4 Å². The number of allylic oxidation sites excluding steroid dienone is 3. The number of hydrogen-bond donors (Lipinski definition) is 1. The van der Waals surface area contributed by atoms with Crippen molar-refractivity contribution < 1.29 is 5.11 Å². The molecule has 188 valence electrons. The molecule has 0 unspecified atom stereocenters. The molecule has 5 nitrogen and oxygen atoms in total. The minimum Gasteiger partial charge on any atom is -0.508 e. The van der Waals surface area contributed by atoms with Gasteiger partial charge in [0.2, 0.25) is 0 Å². The molecule has 5 rings (SSSR count). The highest BCUT2D eigenvalue weighted by atomic mass is 16.3. The molecular weight excluding hydrogens is 458 g/mol. The molecule has 0 radical (unpaired) electrons. The number of fused-ring (bicyclic) bond motifs is 1. The molecule has 2 heterocycles. The van der Waals surface area contributed by atoms with Crippen LogP contribution < -0.4 is 5.56 Å². The molecule has 0 saturated heterocycles. The molecule has 0 fully saturated rings. The summed E-state index contributed by atoms with van der Waals surface area (Å²) in [5.41, 5.74) is 3.75. The maximum atomic E-state index is 13.5. The highest BCUT2D eigenvalue weighted by Gasteiger charge is 2.18. The van der Waals surface area contributed by atoms with E-state index < -0.39 is 0 Å². The maximum absolute atomic E-state index is 13.5. The van der Waals surface area contributed by atoms with Crippen LogP contribution in [-0.4, -0.2) is 19.2 Å². The van der Waals surface area contributed by atoms with Gasteiger partial charge in [0.1, 0.15) is 12.1 Å². The van der Waals surface area contributed by atoms with Crippen molar-refractivity contribution in [3.63, 3.8) is 0 Å². The summed E-state index contributed by atoms with van der Waals surface area (Å²) in [4.78, 5) is 18.1. The van der Waals surface area contributed by atoms with Crippen molar-refractivity contribution in [3.8, 4) is 28.3 Å². The van der Waals surface area contributed by atoms with Crippen molar-refractivity contribution >= 4 is 11.0 Å². The van der Waals surface area contributed by atoms with Gasteiger partial charge in [-0.15, -0.1) is 0 Å². The summed E-state index contributed by atoms with van der Waals surface area (Å²) < 4.78 is 3.48. The Bertz CT molecular complexity index is 1500. The fourth-order valence-electron chi connectivity index (χ4n) is 3.77. The van der Waals surface area contributed by atoms with Crippen LogP contribution in [0, 0.1) is 0 Å². The molecule has 0 atom stereocenters. The number of hydrogen-bond acceptors (Lipinski definition) is 3. The van der Waals surface area contributed by atoms with Crippen LogP contribution in [0.3, 0.4) is 0 Å². The number of para-hydroxylation sites is 2. The summed E-state index contributed by atoms with van der Waals surface area (Å²) in [7, 11) is 0. The van der Waals surface area contributed by atoms with E-state index in [0.29, 0.717) is 11.0 Å². The maximum Gasteiger partial charge on any atom is 0.268 e. The second-order valence-electron chi connectivity index (χ2n) is 7.82. The molecule has 37 heavy (non-hydrogen) atoms. The molecule has 0 bridgehead atoms. The lowest BCUT2D eigenvalue weighted by molar-refractivity contribution is 0.475. The van der Waals surface area contributed by atoms with Crippen LogP contribution in [0.15, 0.2) is 127 Å². The molecule has 0 aliphatic rings. The van der Waals surface area contributed by atoms with Crippen LogP contribution in [0.4, 0.5) is 0 Å². The van der Waals surface area contributed by atoms with Gasteiger partial charge in [-0.2, -0.15) is 0 Å². The summed E-state index contributed by atoms with van der Waals surface area (Å²) in [5.74, 6) is 0.181. The van der Waals surface area contributed by atoms with Crippen LogP contribution in [0.1, 0.15) is 27.2 Å². The van der Waals surface area contributed by atoms with E-state index >= 15 is 0 Å². The van der Waals surface area contributed by atoms with E-state index in [9.17, 15) is 9.90 Å². The number of aromatic hydroxyl groups is 1. The van der Waals surface area contributed by atoms with Gasteiger partial charge < -0.3 is 9.67 Å². The van der Waals surface area contributed by atoms with Gasteiger partial charge in [0.25, 0.3) is 5.56 Å². The molecule has 0 amide bonds. The Morgan fingerprint density at radius 1 is 0.865 bits per heavy atom. The number of benzene rings is 3. The third kappa shape index (κ3) is 6.33. The smallest absolute Gasteiger partial charge is 0.268 e. The average Bonchev–Trinajstić information content (AvgIpc) is 3.35. The zero-order valence-corrected chi connectivity index (χ0v) is 21.6. The van der Waals surface area contributed by atoms with Crippen LogP contribution in [-0.2, 0) is 0 Å². The standard InChI is InChI=1S/C24H17N3O2.C6H10.C2H6/c28-20-13-11-17(12-14-20)21-15-26(18-7-3-1-4-8-18)23-22(21)24(29)27(16-25-23)19-9-5-2-6-10-19;1-3-5-6-4-2;1-2/h1-16,28H;3,5-6H,1,4H2,2H3;1-2H3/b;6-5-;. The third-order valence-corrected chi connectivity index (χ3v) is 5.46. The monoisotopic (exact) mass is 491 g/mol. The second-order valence-corrected chi connectivity index (χ2v) is 7.82. The molecule has 5 aromatic rings. The summed E-state index contributed by atoms with van der Waals surface area (Å²) in [5, 5.41) is 10.2. The van der Waals surface area contributed by atoms with Crippen molar-refractivity contribution in [2.24, 2.45) is 0 Å². The number of aromatic nitrogens is 3. The van der Waals surface area contributed by atoms with E-state index in [2.05, 4.69) is 24.6 Å². The molecule has 5 heteroatoms. The van der Waals surface area contributed by atoms with E-state index in [0.717, 1.165) is 28.9 Å². The lowest BCUT2D eigenvalue weighted by atomic mass is 10.1. The minimum atomic E-state index is -0.140. The second kappa shape index (κ2) is 13.4. The van der Waals surface area contributed by atoms with Gasteiger partial charge in [0.05, 0.1) is 11.1 Å². The first kappa shape index (κ1) is 27.0. The molecule has 2 aromatic heterocycles. The highest BCUT2D eigenvalue weighted by molar-refractivity contribution is 5.94. The number of phenolic OH excluding ortho intramolecular Hbond substituents is 1. The Hall–Kier alpha value is -4.64. The summed E-state index contributed by atoms with van der Waals surface area (Å²) in [6.07, 6.45) is 10.4. The Kier molecular flexibility index (Phi) is 9.80. The molecule has 0 aliphatic carbocycles. The van der Waals surface area contributed by atoms with Crippen LogP contribution in [0.25, 0.3) is 33.5 Å². The summed E-state index contributed by atoms with van der Waals surface area (Å²) in [6, 6.07) is 26.1. The van der Waals surface area contributed by atoms with E-state index in [4.69, 9.17) is 0 Å². The zero-order chi connectivity index (χ0) is 26.6. The number of nitrogens with zero attached hydrogens (tertiary/aromatic N) is 3. The van der Waals surface area contributed by atoms with Crippen molar-refractivity contribution in [3.05, 3.63) is 133 Å². The lowest BCUT2D eigenvalue weighted by Crippen LogP contribution is -2.19. The van der Waals surface area contributed by atoms with Crippen molar-refractivity contribution in [1.29, 1.82) is 0 Å². The highest BCUT2D eigenvalue weighted by Crippen LogP contribution is 2.30. The number of rotatable bonds is 5. The summed E-state index contributed by atoms with van der Waals surface area (Å²) in [6.45, 7) is 9.61. The Balaban J connectivity index is 0.000000421. The minimum absolute atomic E-state index is 0.140. The quantitative estimate of drug-likeness (QED) is 0.256. The van der Waals surface area contributed by atoms with E-state index in [1.165, 1.54) is 0 Å². The third-order valence-electron chi connectivity index (χ3n) is 5.46. The SMILES string of the molecule is C=C/C=C\CC.CC.O=c1c2c(-c3ccc(O)cc3)cn(-c3ccccc3)c2ncn1-c1ccccc1. The lowest BCUT2D eigenvalue weighted by Gasteiger charge is -2.07. The topological polar surface area (TPSA) is 60.0 Å². The molecule has 0 spiro atoms. The van der Waals surface area contributed by atoms with E-state index in [1.54, 1.807) is 41.2 Å². The molecular formula is C32H33N3O2. The summed E-state index contributed by atoms with van der Waals surface area (Å²) >= 11 is 0. The van der Waals surface area contributed by atoms with Crippen LogP contribution in [0.2, 0.25) is 0 Å². The van der Waals surface area contributed by atoms with Crippen LogP contribution in [0.5, 0.6) is 5.75 Å². The van der Waals surface area contributed by atoms with E-state index in [-0.39, 0.29) is 11.3 Å². The molecule has 1 N–H and O–H groups in total. The van der Waals surface area contributed by atoms with Gasteiger partial charge in [-0.3, -0.25) is 9.36 Å². The molecule has 0 aliphatic heterocycles. The first-order valence-corrected chi connectivity index (χ1v) is 12.4. The Morgan fingerprint density at radius 3 is 1.95 bits per heavy atom. The van der Waals surface area contributed by atoms with Crippen molar-refractivity contribution in [2.75, 3.05) is 0 Å². The van der Waals surface area contributed by atoms with Gasteiger partial charge in [-0.1, -0.05) is 94.1 Å². The van der Waals surface area contributed by atoms with Gasteiger partial charge in [0, 0.05) is 17.4 Å². The average molecular weight is 492 g/mol. The first-order valence-electron chi connectivity index (χ1n) is 12.4. The number of phenols is 1. The van der Waals surface area contributed by atoms with Gasteiger partial charge >= 0.3 is 0 Å². The fraction of sp³-hybridized carbons (Fsp3) is 0.125. The van der Waals surface area contributed by atoms with Gasteiger partial charge in [-0.25, -0.2) is 4.98 Å². The van der Waals surface area contributed by atoms with Crippen LogP contribution >= 0.6 is 0 Å². The Morgan fingerprint density at radius 2 is 1.43 bits per heavy atom. The van der Waals surface area contributed by atoms with Crippen molar-refractivity contribution in [2.45, 2.75) is 27.2 Å². The Labute approximate surface area is 218 Å². The first-order chi connectivity index (χ1) is 18.1. The molecule has 3 aromatic carbocycles.